The molecule has 0 atom stereocenters. The van der Waals surface area contributed by atoms with Gasteiger partial charge in [-0.3, -0.25) is 9.48 Å². The van der Waals surface area contributed by atoms with Crippen LogP contribution in [0.15, 0.2) is 36.5 Å². The molecule has 1 amide bonds. The number of anilines is 1. The van der Waals surface area contributed by atoms with Gasteiger partial charge < -0.3 is 15.1 Å². The fourth-order valence-electron chi connectivity index (χ4n) is 4.57. The number of aryl methyl sites for hydroxylation is 1. The topological polar surface area (TPSA) is 91.5 Å². The maximum Gasteiger partial charge on any atom is 0.276 e. The van der Waals surface area contributed by atoms with E-state index in [1.54, 1.807) is 31.9 Å². The van der Waals surface area contributed by atoms with Crippen molar-refractivity contribution in [2.75, 3.05) is 18.6 Å². The zero-order valence-corrected chi connectivity index (χ0v) is 19.2. The van der Waals surface area contributed by atoms with Crippen molar-refractivity contribution in [3.8, 4) is 0 Å². The summed E-state index contributed by atoms with van der Waals surface area (Å²) in [5.74, 6) is 0.160. The minimum Gasteiger partial charge on any atom is -0.396 e. The minimum absolute atomic E-state index is 0.228. The molecule has 2 heterocycles. The molecular weight excluding hydrogens is 404 g/mol. The fraction of sp³-hybridized carbons (Fsp3) is 0.480. The number of nitrogens with zero attached hydrogens (tertiary/aromatic N) is 4. The van der Waals surface area contributed by atoms with Crippen LogP contribution in [0.5, 0.6) is 0 Å². The maximum absolute atomic E-state index is 13.2. The number of pyridine rings is 1. The first kappa shape index (κ1) is 22.4. The number of aliphatic hydroxyl groups is 2. The number of benzene rings is 1. The van der Waals surface area contributed by atoms with E-state index in [2.05, 4.69) is 4.98 Å². The van der Waals surface area contributed by atoms with Crippen molar-refractivity contribution in [3.63, 3.8) is 0 Å². The molecule has 0 saturated heterocycles. The molecule has 1 saturated carbocycles. The van der Waals surface area contributed by atoms with Gasteiger partial charge in [-0.05, 0) is 76.6 Å². The smallest absolute Gasteiger partial charge is 0.276 e. The van der Waals surface area contributed by atoms with Crippen LogP contribution in [-0.2, 0) is 5.60 Å². The summed E-state index contributed by atoms with van der Waals surface area (Å²) in [5, 5.41) is 26.0. The Morgan fingerprint density at radius 1 is 1.22 bits per heavy atom. The van der Waals surface area contributed by atoms with E-state index < -0.39 is 5.60 Å². The SMILES string of the molecule is Cc1cccc(C(=O)N(C)c2cc3cn([C@H]4CC[C@H](CO)CC4)nc3cc2C(C)(C)O)n1. The average molecular weight is 437 g/mol. The number of carbonyl (C=O) groups is 1. The van der Waals surface area contributed by atoms with Crippen LogP contribution in [0.1, 0.15) is 67.3 Å². The summed E-state index contributed by atoms with van der Waals surface area (Å²) in [5.41, 5.74) is 2.07. The Morgan fingerprint density at radius 2 is 1.94 bits per heavy atom. The van der Waals surface area contributed by atoms with Crippen molar-refractivity contribution in [3.05, 3.63) is 53.5 Å². The number of carbonyl (C=O) groups excluding carboxylic acids is 1. The molecule has 1 aliphatic rings. The van der Waals surface area contributed by atoms with Crippen LogP contribution in [0, 0.1) is 12.8 Å². The number of aromatic nitrogens is 3. The maximum atomic E-state index is 13.2. The summed E-state index contributed by atoms with van der Waals surface area (Å²) in [7, 11) is 1.71. The molecule has 0 radical (unpaired) electrons. The second-order valence-corrected chi connectivity index (χ2v) is 9.48. The van der Waals surface area contributed by atoms with Crippen LogP contribution >= 0.6 is 0 Å². The molecule has 0 unspecified atom stereocenters. The Balaban J connectivity index is 1.72. The highest BCUT2D eigenvalue weighted by atomic mass is 16.3. The van der Waals surface area contributed by atoms with Gasteiger partial charge in [0.25, 0.3) is 5.91 Å². The summed E-state index contributed by atoms with van der Waals surface area (Å²) < 4.78 is 2.01. The van der Waals surface area contributed by atoms with E-state index in [9.17, 15) is 15.0 Å². The molecule has 1 fully saturated rings. The summed E-state index contributed by atoms with van der Waals surface area (Å²) >= 11 is 0. The zero-order chi connectivity index (χ0) is 23.0. The summed E-state index contributed by atoms with van der Waals surface area (Å²) in [4.78, 5) is 19.1. The molecule has 2 aromatic heterocycles. The van der Waals surface area contributed by atoms with Crippen LogP contribution < -0.4 is 4.90 Å². The molecule has 3 aromatic rings. The molecule has 0 bridgehead atoms. The largest absolute Gasteiger partial charge is 0.396 e. The van der Waals surface area contributed by atoms with Crippen LogP contribution in [0.25, 0.3) is 10.9 Å². The first-order valence-electron chi connectivity index (χ1n) is 11.3. The quantitative estimate of drug-likeness (QED) is 0.632. The molecule has 32 heavy (non-hydrogen) atoms. The van der Waals surface area contributed by atoms with E-state index in [0.29, 0.717) is 28.9 Å². The van der Waals surface area contributed by atoms with E-state index in [1.807, 2.05) is 42.1 Å². The van der Waals surface area contributed by atoms with E-state index in [0.717, 1.165) is 42.3 Å². The lowest BCUT2D eigenvalue weighted by molar-refractivity contribution is 0.0790. The molecule has 1 aromatic carbocycles. The predicted molar refractivity (Wildman–Crippen MR) is 125 cm³/mol. The van der Waals surface area contributed by atoms with Crippen LogP contribution in [0.3, 0.4) is 0 Å². The molecule has 0 aliphatic heterocycles. The number of aliphatic hydroxyl groups excluding tert-OH is 1. The van der Waals surface area contributed by atoms with Gasteiger partial charge in [-0.2, -0.15) is 5.10 Å². The van der Waals surface area contributed by atoms with E-state index in [-0.39, 0.29) is 12.5 Å². The molecule has 0 spiro atoms. The van der Waals surface area contributed by atoms with Crippen LogP contribution in [0.2, 0.25) is 0 Å². The Morgan fingerprint density at radius 3 is 2.56 bits per heavy atom. The molecule has 1 aliphatic carbocycles. The molecule has 7 nitrogen and oxygen atoms in total. The highest BCUT2D eigenvalue weighted by Crippen LogP contribution is 2.36. The van der Waals surface area contributed by atoms with E-state index >= 15 is 0 Å². The third-order valence-electron chi connectivity index (χ3n) is 6.52. The van der Waals surface area contributed by atoms with E-state index in [1.165, 1.54) is 0 Å². The zero-order valence-electron chi connectivity index (χ0n) is 19.2. The Hall–Kier alpha value is -2.77. The van der Waals surface area contributed by atoms with Crippen molar-refractivity contribution < 1.29 is 15.0 Å². The number of fused-ring (bicyclic) bond motifs is 1. The number of amides is 1. The Kier molecular flexibility index (Phi) is 6.05. The van der Waals surface area contributed by atoms with Gasteiger partial charge in [-0.25, -0.2) is 4.98 Å². The first-order chi connectivity index (χ1) is 15.2. The monoisotopic (exact) mass is 436 g/mol. The van der Waals surface area contributed by atoms with Crippen molar-refractivity contribution in [2.24, 2.45) is 5.92 Å². The highest BCUT2D eigenvalue weighted by Gasteiger charge is 2.28. The lowest BCUT2D eigenvalue weighted by Gasteiger charge is -2.27. The Labute approximate surface area is 188 Å². The number of hydrogen-bond donors (Lipinski definition) is 2. The predicted octanol–water partition coefficient (Wildman–Crippen LogP) is 3.97. The second-order valence-electron chi connectivity index (χ2n) is 9.48. The first-order valence-corrected chi connectivity index (χ1v) is 11.3. The van der Waals surface area contributed by atoms with Gasteiger partial charge in [0.1, 0.15) is 5.69 Å². The standard InChI is InChI=1S/C25H32N4O3/c1-16-6-5-7-21(26-16)24(31)28(4)23-12-18-14-29(19-10-8-17(15-30)9-11-19)27-22(18)13-20(23)25(2,3)32/h5-7,12-14,17,19,30,32H,8-11,15H2,1-4H3/t17-,19-. The highest BCUT2D eigenvalue weighted by molar-refractivity contribution is 6.06. The van der Waals surface area contributed by atoms with Crippen molar-refractivity contribution in [2.45, 2.75) is 58.1 Å². The van der Waals surface area contributed by atoms with Crippen molar-refractivity contribution >= 4 is 22.5 Å². The molecule has 170 valence electrons. The van der Waals surface area contributed by atoms with Crippen LogP contribution in [-0.4, -0.2) is 44.5 Å². The summed E-state index contributed by atoms with van der Waals surface area (Å²) in [6, 6.07) is 9.49. The van der Waals surface area contributed by atoms with E-state index in [4.69, 9.17) is 5.10 Å². The third-order valence-corrected chi connectivity index (χ3v) is 6.52. The van der Waals surface area contributed by atoms with Crippen molar-refractivity contribution in [1.29, 1.82) is 0 Å². The van der Waals surface area contributed by atoms with Crippen LogP contribution in [0.4, 0.5) is 5.69 Å². The van der Waals surface area contributed by atoms with Gasteiger partial charge in [0, 0.05) is 36.5 Å². The molecule has 7 heteroatoms. The normalized spacial score (nSPS) is 19.3. The average Bonchev–Trinajstić information content (AvgIpc) is 3.20. The lowest BCUT2D eigenvalue weighted by atomic mass is 9.87. The van der Waals surface area contributed by atoms with Gasteiger partial charge in [0.15, 0.2) is 0 Å². The number of rotatable bonds is 5. The number of hydrogen-bond acceptors (Lipinski definition) is 5. The lowest BCUT2D eigenvalue weighted by Crippen LogP contribution is -2.30. The Bertz CT molecular complexity index is 1120. The molecule has 4 rings (SSSR count). The minimum atomic E-state index is -1.15. The summed E-state index contributed by atoms with van der Waals surface area (Å²) in [6.07, 6.45) is 6.00. The molecular formula is C25H32N4O3. The van der Waals surface area contributed by atoms with Gasteiger partial charge in [-0.1, -0.05) is 6.07 Å². The van der Waals surface area contributed by atoms with Gasteiger partial charge in [-0.15, -0.1) is 0 Å². The fourth-order valence-corrected chi connectivity index (χ4v) is 4.57. The second kappa shape index (κ2) is 8.64. The van der Waals surface area contributed by atoms with Gasteiger partial charge in [0.05, 0.1) is 22.8 Å². The van der Waals surface area contributed by atoms with Gasteiger partial charge in [0.2, 0.25) is 0 Å². The van der Waals surface area contributed by atoms with Gasteiger partial charge >= 0.3 is 0 Å². The summed E-state index contributed by atoms with van der Waals surface area (Å²) in [6.45, 7) is 5.54. The van der Waals surface area contributed by atoms with Crippen molar-refractivity contribution in [1.82, 2.24) is 14.8 Å². The third kappa shape index (κ3) is 4.40. The molecule has 2 N–H and O–H groups in total.